The van der Waals surface area contributed by atoms with E-state index in [2.05, 4.69) is 26.6 Å². The summed E-state index contributed by atoms with van der Waals surface area (Å²) in [6.45, 7) is 3.88. The Balaban J connectivity index is 2.19. The van der Waals surface area contributed by atoms with Gasteiger partial charge in [-0.15, -0.1) is 0 Å². The van der Waals surface area contributed by atoms with Gasteiger partial charge in [0.2, 0.25) is 0 Å². The SMILES string of the molecule is Cc1cc(C#N)cc(NC(C)c2cn[nH]c2)n1. The Hall–Kier alpha value is -2.35. The van der Waals surface area contributed by atoms with E-state index in [1.54, 1.807) is 18.3 Å². The fourth-order valence-electron chi connectivity index (χ4n) is 1.61. The van der Waals surface area contributed by atoms with Crippen LogP contribution in [-0.4, -0.2) is 15.2 Å². The Labute approximate surface area is 99.5 Å². The van der Waals surface area contributed by atoms with Crippen LogP contribution in [0.25, 0.3) is 0 Å². The number of anilines is 1. The maximum absolute atomic E-state index is 8.88. The third-order valence-electron chi connectivity index (χ3n) is 2.47. The van der Waals surface area contributed by atoms with Crippen LogP contribution in [0, 0.1) is 18.3 Å². The van der Waals surface area contributed by atoms with Crippen molar-refractivity contribution < 1.29 is 0 Å². The summed E-state index contributed by atoms with van der Waals surface area (Å²) in [5, 5.41) is 18.8. The van der Waals surface area contributed by atoms with E-state index in [4.69, 9.17) is 5.26 Å². The minimum absolute atomic E-state index is 0.0922. The molecule has 2 aromatic heterocycles. The van der Waals surface area contributed by atoms with Gasteiger partial charge in [-0.2, -0.15) is 10.4 Å². The Morgan fingerprint density at radius 2 is 2.29 bits per heavy atom. The lowest BCUT2D eigenvalue weighted by Crippen LogP contribution is -2.07. The van der Waals surface area contributed by atoms with E-state index in [0.29, 0.717) is 11.4 Å². The van der Waals surface area contributed by atoms with E-state index >= 15 is 0 Å². The van der Waals surface area contributed by atoms with Crippen molar-refractivity contribution in [2.45, 2.75) is 19.9 Å². The number of nitriles is 1. The van der Waals surface area contributed by atoms with Gasteiger partial charge in [0, 0.05) is 17.5 Å². The predicted octanol–water partition coefficient (Wildman–Crippen LogP) is 2.16. The zero-order chi connectivity index (χ0) is 12.3. The molecule has 2 aromatic rings. The second kappa shape index (κ2) is 4.66. The molecule has 2 N–H and O–H groups in total. The zero-order valence-corrected chi connectivity index (χ0v) is 9.73. The second-order valence-corrected chi connectivity index (χ2v) is 3.89. The van der Waals surface area contributed by atoms with Gasteiger partial charge in [-0.25, -0.2) is 4.98 Å². The van der Waals surface area contributed by atoms with Crippen LogP contribution in [0.4, 0.5) is 5.82 Å². The summed E-state index contributed by atoms with van der Waals surface area (Å²) in [5.74, 6) is 0.704. The summed E-state index contributed by atoms with van der Waals surface area (Å²) >= 11 is 0. The van der Waals surface area contributed by atoms with Crippen molar-refractivity contribution in [2.24, 2.45) is 0 Å². The number of aryl methyl sites for hydroxylation is 1. The lowest BCUT2D eigenvalue weighted by molar-refractivity contribution is 0.873. The van der Waals surface area contributed by atoms with Crippen molar-refractivity contribution >= 4 is 5.82 Å². The maximum Gasteiger partial charge on any atom is 0.127 e. The molecule has 5 nitrogen and oxygen atoms in total. The average Bonchev–Trinajstić information content (AvgIpc) is 2.81. The molecular weight excluding hydrogens is 214 g/mol. The van der Waals surface area contributed by atoms with Crippen molar-refractivity contribution in [3.05, 3.63) is 41.3 Å². The molecular formula is C12H13N5. The van der Waals surface area contributed by atoms with Crippen LogP contribution in [0.2, 0.25) is 0 Å². The molecule has 0 amide bonds. The Kier molecular flexibility index (Phi) is 3.06. The summed E-state index contributed by atoms with van der Waals surface area (Å²) in [5.41, 5.74) is 2.48. The van der Waals surface area contributed by atoms with E-state index in [0.717, 1.165) is 11.3 Å². The molecule has 0 spiro atoms. The first-order valence-corrected chi connectivity index (χ1v) is 5.33. The van der Waals surface area contributed by atoms with E-state index in [1.807, 2.05) is 20.0 Å². The van der Waals surface area contributed by atoms with E-state index < -0.39 is 0 Å². The highest BCUT2D eigenvalue weighted by atomic mass is 15.1. The minimum Gasteiger partial charge on any atom is -0.363 e. The largest absolute Gasteiger partial charge is 0.363 e. The third-order valence-corrected chi connectivity index (χ3v) is 2.47. The van der Waals surface area contributed by atoms with Crippen LogP contribution in [-0.2, 0) is 0 Å². The van der Waals surface area contributed by atoms with E-state index in [9.17, 15) is 0 Å². The van der Waals surface area contributed by atoms with Crippen molar-refractivity contribution in [1.82, 2.24) is 15.2 Å². The quantitative estimate of drug-likeness (QED) is 0.842. The molecule has 0 aliphatic carbocycles. The first-order chi connectivity index (χ1) is 8.19. The number of nitrogens with one attached hydrogen (secondary N) is 2. The molecule has 0 saturated carbocycles. The second-order valence-electron chi connectivity index (χ2n) is 3.89. The highest BCUT2D eigenvalue weighted by Crippen LogP contribution is 2.17. The topological polar surface area (TPSA) is 77.4 Å². The molecule has 0 fully saturated rings. The fraction of sp³-hybridized carbons (Fsp3) is 0.250. The van der Waals surface area contributed by atoms with Gasteiger partial charge in [0.05, 0.1) is 23.9 Å². The van der Waals surface area contributed by atoms with Crippen LogP contribution in [0.5, 0.6) is 0 Å². The molecule has 1 unspecified atom stereocenters. The minimum atomic E-state index is 0.0922. The standard InChI is InChI=1S/C12H13N5/c1-8-3-10(5-13)4-12(16-8)17-9(2)11-6-14-15-7-11/h3-4,6-7,9H,1-2H3,(H,14,15)(H,16,17). The van der Waals surface area contributed by atoms with Gasteiger partial charge >= 0.3 is 0 Å². The average molecular weight is 227 g/mol. The Morgan fingerprint density at radius 1 is 1.47 bits per heavy atom. The van der Waals surface area contributed by atoms with Crippen LogP contribution >= 0.6 is 0 Å². The molecule has 0 aliphatic rings. The van der Waals surface area contributed by atoms with Crippen LogP contribution in [0.3, 0.4) is 0 Å². The number of rotatable bonds is 3. The third kappa shape index (κ3) is 2.61. The summed E-state index contributed by atoms with van der Waals surface area (Å²) < 4.78 is 0. The summed E-state index contributed by atoms with van der Waals surface area (Å²) in [6, 6.07) is 5.71. The number of hydrogen-bond donors (Lipinski definition) is 2. The van der Waals surface area contributed by atoms with Crippen molar-refractivity contribution in [2.75, 3.05) is 5.32 Å². The number of H-pyrrole nitrogens is 1. The number of nitrogens with zero attached hydrogens (tertiary/aromatic N) is 3. The summed E-state index contributed by atoms with van der Waals surface area (Å²) in [4.78, 5) is 4.34. The Morgan fingerprint density at radius 3 is 2.94 bits per heavy atom. The molecule has 1 atom stereocenters. The molecule has 5 heteroatoms. The van der Waals surface area contributed by atoms with E-state index in [-0.39, 0.29) is 6.04 Å². The number of hydrogen-bond acceptors (Lipinski definition) is 4. The Bertz CT molecular complexity index is 539. The van der Waals surface area contributed by atoms with Crippen LogP contribution in [0.1, 0.15) is 29.8 Å². The molecule has 0 radical (unpaired) electrons. The van der Waals surface area contributed by atoms with Gasteiger partial charge in [0.25, 0.3) is 0 Å². The first kappa shape index (κ1) is 11.1. The van der Waals surface area contributed by atoms with Gasteiger partial charge in [0.15, 0.2) is 0 Å². The maximum atomic E-state index is 8.88. The van der Waals surface area contributed by atoms with Crippen molar-refractivity contribution in [3.63, 3.8) is 0 Å². The summed E-state index contributed by atoms with van der Waals surface area (Å²) in [7, 11) is 0. The van der Waals surface area contributed by atoms with Crippen molar-refractivity contribution in [1.29, 1.82) is 5.26 Å². The molecule has 86 valence electrons. The lowest BCUT2D eigenvalue weighted by Gasteiger charge is -2.13. The molecule has 17 heavy (non-hydrogen) atoms. The normalized spacial score (nSPS) is 11.8. The first-order valence-electron chi connectivity index (χ1n) is 5.33. The van der Waals surface area contributed by atoms with Gasteiger partial charge in [-0.1, -0.05) is 0 Å². The number of aromatic amines is 1. The zero-order valence-electron chi connectivity index (χ0n) is 9.73. The number of pyridine rings is 1. The molecule has 0 saturated heterocycles. The lowest BCUT2D eigenvalue weighted by atomic mass is 10.2. The molecule has 2 rings (SSSR count). The van der Waals surface area contributed by atoms with Gasteiger partial charge in [-0.3, -0.25) is 5.10 Å². The van der Waals surface area contributed by atoms with Gasteiger partial charge in [0.1, 0.15) is 5.82 Å². The highest BCUT2D eigenvalue weighted by Gasteiger charge is 2.07. The smallest absolute Gasteiger partial charge is 0.127 e. The molecule has 0 aliphatic heterocycles. The highest BCUT2D eigenvalue weighted by molar-refractivity contribution is 5.45. The van der Waals surface area contributed by atoms with Gasteiger partial charge < -0.3 is 5.32 Å². The predicted molar refractivity (Wildman–Crippen MR) is 64.3 cm³/mol. The van der Waals surface area contributed by atoms with Gasteiger partial charge in [-0.05, 0) is 26.0 Å². The van der Waals surface area contributed by atoms with Crippen LogP contribution in [0.15, 0.2) is 24.5 Å². The van der Waals surface area contributed by atoms with Crippen molar-refractivity contribution in [3.8, 4) is 6.07 Å². The fourth-order valence-corrected chi connectivity index (χ4v) is 1.61. The summed E-state index contributed by atoms with van der Waals surface area (Å²) in [6.07, 6.45) is 3.59. The number of aromatic nitrogens is 3. The monoisotopic (exact) mass is 227 g/mol. The molecule has 0 aromatic carbocycles. The molecule has 2 heterocycles. The van der Waals surface area contributed by atoms with E-state index in [1.165, 1.54) is 0 Å². The molecule has 0 bridgehead atoms. The van der Waals surface area contributed by atoms with Crippen LogP contribution < -0.4 is 5.32 Å².